The van der Waals surface area contributed by atoms with E-state index in [4.69, 9.17) is 0 Å². The molecule has 0 unspecified atom stereocenters. The number of carbonyl (C=O) groups is 1. The lowest BCUT2D eigenvalue weighted by atomic mass is 10.0. The number of anilines is 2. The van der Waals surface area contributed by atoms with Gasteiger partial charge in [0.1, 0.15) is 0 Å². The number of benzene rings is 1. The van der Waals surface area contributed by atoms with E-state index < -0.39 is 10.0 Å². The lowest BCUT2D eigenvalue weighted by Crippen LogP contribution is -2.09. The smallest absolute Gasteiger partial charge is 0.256 e. The Balaban J connectivity index is 2.07. The maximum absolute atomic E-state index is 12.2. The first-order chi connectivity index (χ1) is 10.7. The van der Waals surface area contributed by atoms with Crippen molar-refractivity contribution in [3.8, 4) is 0 Å². The molecule has 0 radical (unpaired) electrons. The quantitative estimate of drug-likeness (QED) is 0.755. The number of hydrogen-bond acceptors (Lipinski definition) is 3. The van der Waals surface area contributed by atoms with E-state index in [1.54, 1.807) is 24.3 Å². The molecule has 0 spiro atoms. The first-order valence-corrected chi connectivity index (χ1v) is 8.93. The van der Waals surface area contributed by atoms with Crippen LogP contribution in [0.5, 0.6) is 0 Å². The predicted octanol–water partition coefficient (Wildman–Crippen LogP) is 2.50. The van der Waals surface area contributed by atoms with Gasteiger partial charge in [-0.1, -0.05) is 0 Å². The van der Waals surface area contributed by atoms with Crippen LogP contribution < -0.4 is 10.0 Å². The van der Waals surface area contributed by atoms with Gasteiger partial charge in [-0.25, -0.2) is 8.42 Å². The van der Waals surface area contributed by atoms with Gasteiger partial charge in [0.15, 0.2) is 0 Å². The molecular weight excluding hydrogens is 314 g/mol. The molecule has 23 heavy (non-hydrogen) atoms. The van der Waals surface area contributed by atoms with Gasteiger partial charge >= 0.3 is 0 Å². The Labute approximate surface area is 134 Å². The zero-order valence-corrected chi connectivity index (χ0v) is 13.8. The second kappa shape index (κ2) is 5.27. The fourth-order valence-corrected chi connectivity index (χ4v) is 3.21. The molecule has 0 aliphatic carbocycles. The minimum atomic E-state index is -3.37. The van der Waals surface area contributed by atoms with Crippen LogP contribution in [-0.4, -0.2) is 25.6 Å². The van der Waals surface area contributed by atoms with Crippen molar-refractivity contribution < 1.29 is 13.2 Å². The maximum Gasteiger partial charge on any atom is 0.256 e. The van der Waals surface area contributed by atoms with Crippen molar-refractivity contribution >= 4 is 39.0 Å². The highest BCUT2D eigenvalue weighted by molar-refractivity contribution is 7.92. The summed E-state index contributed by atoms with van der Waals surface area (Å²) < 4.78 is 25.2. The number of aromatic nitrogens is 1. The summed E-state index contributed by atoms with van der Waals surface area (Å²) in [6.45, 7) is 3.91. The zero-order chi connectivity index (χ0) is 16.8. The molecule has 1 aromatic carbocycles. The SMILES string of the molecule is Cc1cc(C)c(C=C2C(=O)Nc3ccc(NS(C)(=O)=O)cc32)[nH]1. The molecule has 7 heteroatoms. The Bertz CT molecular complexity index is 939. The molecule has 0 bridgehead atoms. The van der Waals surface area contributed by atoms with Gasteiger partial charge < -0.3 is 10.3 Å². The number of H-pyrrole nitrogens is 1. The molecular formula is C16H17N3O3S. The Morgan fingerprint density at radius 1 is 1.17 bits per heavy atom. The minimum absolute atomic E-state index is 0.205. The molecule has 3 rings (SSSR count). The van der Waals surface area contributed by atoms with Gasteiger partial charge in [-0.05, 0) is 49.8 Å². The standard InChI is InChI=1S/C16H17N3O3S/c1-9-6-10(2)17-15(9)8-13-12-7-11(19-23(3,21)22)4-5-14(12)18-16(13)20/h4-8,17,19H,1-3H3,(H,18,20). The molecule has 2 heterocycles. The Kier molecular flexibility index (Phi) is 3.52. The van der Waals surface area contributed by atoms with Crippen LogP contribution in [0.2, 0.25) is 0 Å². The normalized spacial score (nSPS) is 15.6. The fraction of sp³-hybridized carbons (Fsp3) is 0.188. The molecule has 0 saturated carbocycles. The van der Waals surface area contributed by atoms with Crippen molar-refractivity contribution in [2.45, 2.75) is 13.8 Å². The lowest BCUT2D eigenvalue weighted by Gasteiger charge is -2.06. The summed E-state index contributed by atoms with van der Waals surface area (Å²) in [6, 6.07) is 6.97. The third-order valence-corrected chi connectivity index (χ3v) is 4.19. The molecule has 3 N–H and O–H groups in total. The topological polar surface area (TPSA) is 91.1 Å². The average Bonchev–Trinajstić information content (AvgIpc) is 2.89. The Hall–Kier alpha value is -2.54. The van der Waals surface area contributed by atoms with Crippen LogP contribution in [0.25, 0.3) is 11.6 Å². The molecule has 0 fully saturated rings. The average molecular weight is 331 g/mol. The molecule has 1 aromatic heterocycles. The highest BCUT2D eigenvalue weighted by Gasteiger charge is 2.25. The molecule has 120 valence electrons. The Morgan fingerprint density at radius 3 is 2.52 bits per heavy atom. The molecule has 0 saturated heterocycles. The van der Waals surface area contributed by atoms with Crippen molar-refractivity contribution in [3.05, 3.63) is 46.8 Å². The fourth-order valence-electron chi connectivity index (χ4n) is 2.65. The van der Waals surface area contributed by atoms with Gasteiger partial charge in [-0.3, -0.25) is 9.52 Å². The second-order valence-corrected chi connectivity index (χ2v) is 7.44. The van der Waals surface area contributed by atoms with Crippen molar-refractivity contribution in [1.82, 2.24) is 4.98 Å². The first-order valence-electron chi connectivity index (χ1n) is 7.04. The van der Waals surface area contributed by atoms with E-state index in [0.717, 1.165) is 23.2 Å². The van der Waals surface area contributed by atoms with Gasteiger partial charge in [-0.2, -0.15) is 0 Å². The van der Waals surface area contributed by atoms with Crippen LogP contribution >= 0.6 is 0 Å². The summed E-state index contributed by atoms with van der Waals surface area (Å²) in [5, 5.41) is 2.79. The summed E-state index contributed by atoms with van der Waals surface area (Å²) in [7, 11) is -3.37. The van der Waals surface area contributed by atoms with E-state index in [2.05, 4.69) is 15.0 Å². The summed E-state index contributed by atoms with van der Waals surface area (Å²) in [5.74, 6) is -0.205. The van der Waals surface area contributed by atoms with E-state index in [1.807, 2.05) is 19.9 Å². The van der Waals surface area contributed by atoms with E-state index in [-0.39, 0.29) is 5.91 Å². The number of rotatable bonds is 3. The highest BCUT2D eigenvalue weighted by Crippen LogP contribution is 2.35. The molecule has 1 aliphatic heterocycles. The van der Waals surface area contributed by atoms with Gasteiger partial charge in [0.05, 0.1) is 11.8 Å². The van der Waals surface area contributed by atoms with Gasteiger partial charge in [0.25, 0.3) is 5.91 Å². The summed E-state index contributed by atoms with van der Waals surface area (Å²) in [4.78, 5) is 15.4. The van der Waals surface area contributed by atoms with Gasteiger partial charge in [0.2, 0.25) is 10.0 Å². The van der Waals surface area contributed by atoms with Crippen molar-refractivity contribution in [1.29, 1.82) is 0 Å². The van der Waals surface area contributed by atoms with E-state index in [9.17, 15) is 13.2 Å². The maximum atomic E-state index is 12.2. The summed E-state index contributed by atoms with van der Waals surface area (Å²) >= 11 is 0. The van der Waals surface area contributed by atoms with Crippen LogP contribution in [0.3, 0.4) is 0 Å². The summed E-state index contributed by atoms with van der Waals surface area (Å²) in [5.41, 5.74) is 5.19. The van der Waals surface area contributed by atoms with Crippen molar-refractivity contribution in [2.24, 2.45) is 0 Å². The zero-order valence-electron chi connectivity index (χ0n) is 13.0. The predicted molar refractivity (Wildman–Crippen MR) is 91.7 cm³/mol. The Morgan fingerprint density at radius 2 is 1.91 bits per heavy atom. The molecule has 6 nitrogen and oxygen atoms in total. The molecule has 1 aliphatic rings. The largest absolute Gasteiger partial charge is 0.359 e. The highest BCUT2D eigenvalue weighted by atomic mass is 32.2. The number of carbonyl (C=O) groups excluding carboxylic acids is 1. The van der Waals surface area contributed by atoms with Crippen LogP contribution in [0, 0.1) is 13.8 Å². The summed E-state index contributed by atoms with van der Waals surface area (Å²) in [6.07, 6.45) is 2.87. The first kappa shape index (κ1) is 15.4. The van der Waals surface area contributed by atoms with Crippen molar-refractivity contribution in [2.75, 3.05) is 16.3 Å². The van der Waals surface area contributed by atoms with E-state index >= 15 is 0 Å². The van der Waals surface area contributed by atoms with Gasteiger partial charge in [-0.15, -0.1) is 0 Å². The molecule has 0 atom stereocenters. The van der Waals surface area contributed by atoms with Crippen LogP contribution in [-0.2, 0) is 14.8 Å². The van der Waals surface area contributed by atoms with Gasteiger partial charge in [0, 0.05) is 28.3 Å². The number of sulfonamides is 1. The molecule has 2 aromatic rings. The van der Waals surface area contributed by atoms with Crippen molar-refractivity contribution in [3.63, 3.8) is 0 Å². The third kappa shape index (κ3) is 3.14. The number of hydrogen-bond donors (Lipinski definition) is 3. The third-order valence-electron chi connectivity index (χ3n) is 3.58. The van der Waals surface area contributed by atoms with Crippen LogP contribution in [0.15, 0.2) is 24.3 Å². The second-order valence-electron chi connectivity index (χ2n) is 5.70. The van der Waals surface area contributed by atoms with Crippen LogP contribution in [0.1, 0.15) is 22.5 Å². The lowest BCUT2D eigenvalue weighted by molar-refractivity contribution is -0.110. The number of aryl methyl sites for hydroxylation is 2. The number of fused-ring (bicyclic) bond motifs is 1. The van der Waals surface area contributed by atoms with E-state index in [0.29, 0.717) is 22.5 Å². The number of nitrogens with one attached hydrogen (secondary N) is 3. The molecule has 1 amide bonds. The monoisotopic (exact) mass is 331 g/mol. The van der Waals surface area contributed by atoms with E-state index in [1.165, 1.54) is 0 Å². The van der Waals surface area contributed by atoms with Crippen LogP contribution in [0.4, 0.5) is 11.4 Å². The minimum Gasteiger partial charge on any atom is -0.359 e. The number of amides is 1. The number of aromatic amines is 1.